The Bertz CT molecular complexity index is 816. The first-order valence-corrected chi connectivity index (χ1v) is 12.8. The van der Waals surface area contributed by atoms with Crippen molar-refractivity contribution in [1.29, 1.82) is 0 Å². The molecular formula is C33H54. The molecule has 0 aromatic heterocycles. The molecule has 186 valence electrons. The van der Waals surface area contributed by atoms with Crippen molar-refractivity contribution in [2.24, 2.45) is 0 Å². The zero-order valence-corrected chi connectivity index (χ0v) is 24.5. The lowest BCUT2D eigenvalue weighted by Crippen LogP contribution is -2.16. The maximum Gasteiger partial charge on any atom is -0.0132 e. The predicted octanol–water partition coefficient (Wildman–Crippen LogP) is 11.0. The minimum atomic E-state index is 0.241. The van der Waals surface area contributed by atoms with Crippen LogP contribution in [0.5, 0.6) is 0 Å². The van der Waals surface area contributed by atoms with Crippen molar-refractivity contribution >= 4 is 11.6 Å². The molecule has 0 nitrogen and oxygen atoms in total. The summed E-state index contributed by atoms with van der Waals surface area (Å²) in [6.07, 6.45) is 5.30. The van der Waals surface area contributed by atoms with Crippen molar-refractivity contribution in [3.8, 4) is 0 Å². The van der Waals surface area contributed by atoms with Crippen LogP contribution in [0.2, 0.25) is 0 Å². The van der Waals surface area contributed by atoms with Gasteiger partial charge in [-0.15, -0.1) is 0 Å². The summed E-state index contributed by atoms with van der Waals surface area (Å²) in [6, 6.07) is 13.5. The molecule has 2 aromatic carbocycles. The Morgan fingerprint density at radius 3 is 1.58 bits per heavy atom. The highest BCUT2D eigenvalue weighted by Gasteiger charge is 2.19. The van der Waals surface area contributed by atoms with E-state index in [-0.39, 0.29) is 10.8 Å². The van der Waals surface area contributed by atoms with Gasteiger partial charge in [-0.25, -0.2) is 0 Å². The van der Waals surface area contributed by atoms with Crippen LogP contribution in [0.3, 0.4) is 0 Å². The second-order valence-electron chi connectivity index (χ2n) is 10.1. The minimum absolute atomic E-state index is 0.241. The molecule has 0 aliphatic rings. The molecule has 0 fully saturated rings. The second-order valence-corrected chi connectivity index (χ2v) is 10.1. The fourth-order valence-electron chi connectivity index (χ4n) is 3.07. The van der Waals surface area contributed by atoms with Gasteiger partial charge in [-0.3, -0.25) is 0 Å². The summed E-state index contributed by atoms with van der Waals surface area (Å²) in [5.41, 5.74) is 9.79. The van der Waals surface area contributed by atoms with Crippen molar-refractivity contribution in [3.05, 3.63) is 82.4 Å². The SMILES string of the molecule is C=C(C)c1ccc(/C=C\C)c(C)c1.CC.CC.CCc1cc(C(C)(C)C)cc(C(C)(C)C)c1. The highest BCUT2D eigenvalue weighted by Crippen LogP contribution is 2.30. The zero-order valence-electron chi connectivity index (χ0n) is 24.5. The summed E-state index contributed by atoms with van der Waals surface area (Å²) in [7, 11) is 0. The van der Waals surface area contributed by atoms with Gasteiger partial charge >= 0.3 is 0 Å². The first kappa shape index (κ1) is 33.1. The summed E-state index contributed by atoms with van der Waals surface area (Å²) >= 11 is 0. The van der Waals surface area contributed by atoms with Crippen molar-refractivity contribution in [2.75, 3.05) is 0 Å². The molecule has 2 aromatic rings. The number of allylic oxidation sites excluding steroid dienone is 2. The summed E-state index contributed by atoms with van der Waals surface area (Å²) in [5.74, 6) is 0. The summed E-state index contributed by atoms with van der Waals surface area (Å²) < 4.78 is 0. The molecule has 0 heteroatoms. The van der Waals surface area contributed by atoms with E-state index in [0.29, 0.717) is 0 Å². The van der Waals surface area contributed by atoms with Gasteiger partial charge in [-0.05, 0) is 71.4 Å². The van der Waals surface area contributed by atoms with Gasteiger partial charge in [0.1, 0.15) is 0 Å². The van der Waals surface area contributed by atoms with E-state index >= 15 is 0 Å². The maximum atomic E-state index is 3.92. The van der Waals surface area contributed by atoms with Gasteiger partial charge < -0.3 is 0 Å². The number of aryl methyl sites for hydroxylation is 2. The summed E-state index contributed by atoms with van der Waals surface area (Å²) in [5, 5.41) is 0. The van der Waals surface area contributed by atoms with Gasteiger partial charge in [-0.1, -0.05) is 137 Å². The van der Waals surface area contributed by atoms with Crippen LogP contribution in [0.1, 0.15) is 123 Å². The molecule has 0 unspecified atom stereocenters. The molecule has 0 aliphatic carbocycles. The van der Waals surface area contributed by atoms with Crippen LogP contribution < -0.4 is 0 Å². The standard InChI is InChI=1S/C16H26.C13H16.2C2H6/c1-8-12-9-13(15(2,3)4)11-14(10-12)16(5,6)7;1-5-6-12-7-8-13(10(2)3)9-11(12)4;2*1-2/h9-11H,8H2,1-7H3;5-9H,2H2,1,3-4H3;2*1-2H3/b;6-5-;;. The van der Waals surface area contributed by atoms with E-state index in [1.165, 1.54) is 33.4 Å². The van der Waals surface area contributed by atoms with E-state index in [1.54, 1.807) is 0 Å². The average Bonchev–Trinajstić information content (AvgIpc) is 2.77. The van der Waals surface area contributed by atoms with E-state index in [9.17, 15) is 0 Å². The average molecular weight is 451 g/mol. The third kappa shape index (κ3) is 12.1. The van der Waals surface area contributed by atoms with E-state index in [4.69, 9.17) is 0 Å². The Morgan fingerprint density at radius 1 is 0.818 bits per heavy atom. The smallest absolute Gasteiger partial charge is 0.0132 e. The predicted molar refractivity (Wildman–Crippen MR) is 157 cm³/mol. The largest absolute Gasteiger partial charge is 0.0955 e. The van der Waals surface area contributed by atoms with Crippen molar-refractivity contribution < 1.29 is 0 Å². The Balaban J connectivity index is 0. The number of benzene rings is 2. The van der Waals surface area contributed by atoms with Crippen LogP contribution in [0.4, 0.5) is 0 Å². The van der Waals surface area contributed by atoms with Crippen LogP contribution in [0, 0.1) is 6.92 Å². The lowest BCUT2D eigenvalue weighted by atomic mass is 9.79. The van der Waals surface area contributed by atoms with Crippen LogP contribution in [0.25, 0.3) is 11.6 Å². The molecule has 0 atom stereocenters. The van der Waals surface area contributed by atoms with E-state index in [1.807, 2.05) is 41.5 Å². The molecule has 0 heterocycles. The Kier molecular flexibility index (Phi) is 15.7. The Labute approximate surface area is 208 Å². The summed E-state index contributed by atoms with van der Waals surface area (Å²) in [6.45, 7) is 34.1. The molecule has 2 rings (SSSR count). The van der Waals surface area contributed by atoms with Gasteiger partial charge in [0.15, 0.2) is 0 Å². The summed E-state index contributed by atoms with van der Waals surface area (Å²) in [4.78, 5) is 0. The van der Waals surface area contributed by atoms with Crippen molar-refractivity contribution in [1.82, 2.24) is 0 Å². The van der Waals surface area contributed by atoms with Gasteiger partial charge in [-0.2, -0.15) is 0 Å². The molecule has 0 radical (unpaired) electrons. The van der Waals surface area contributed by atoms with E-state index < -0.39 is 0 Å². The number of hydrogen-bond acceptors (Lipinski definition) is 0. The van der Waals surface area contributed by atoms with Crippen LogP contribution in [-0.2, 0) is 17.3 Å². The van der Waals surface area contributed by atoms with Crippen LogP contribution in [-0.4, -0.2) is 0 Å². The normalized spacial score (nSPS) is 10.8. The highest BCUT2D eigenvalue weighted by molar-refractivity contribution is 5.65. The first-order chi connectivity index (χ1) is 15.3. The molecule has 0 spiro atoms. The molecule has 0 N–H and O–H groups in total. The number of hydrogen-bond donors (Lipinski definition) is 0. The first-order valence-electron chi connectivity index (χ1n) is 12.8. The van der Waals surface area contributed by atoms with Gasteiger partial charge in [0, 0.05) is 0 Å². The second kappa shape index (κ2) is 15.7. The fraction of sp³-hybridized carbons (Fsp3) is 0.515. The fourth-order valence-corrected chi connectivity index (χ4v) is 3.07. The lowest BCUT2D eigenvalue weighted by Gasteiger charge is -2.26. The maximum absolute atomic E-state index is 3.92. The molecule has 0 amide bonds. The van der Waals surface area contributed by atoms with Gasteiger partial charge in [0.2, 0.25) is 0 Å². The molecule has 0 saturated heterocycles. The molecule has 0 saturated carbocycles. The Hall–Kier alpha value is -2.08. The van der Waals surface area contributed by atoms with E-state index in [2.05, 4.69) is 111 Å². The monoisotopic (exact) mass is 450 g/mol. The molecular weight excluding hydrogens is 396 g/mol. The quantitative estimate of drug-likeness (QED) is 0.436. The van der Waals surface area contributed by atoms with Crippen LogP contribution in [0.15, 0.2) is 49.1 Å². The lowest BCUT2D eigenvalue weighted by molar-refractivity contribution is 0.567. The molecule has 0 aliphatic heterocycles. The topological polar surface area (TPSA) is 0 Å². The Morgan fingerprint density at radius 2 is 1.27 bits per heavy atom. The minimum Gasteiger partial charge on any atom is -0.0955 e. The van der Waals surface area contributed by atoms with Gasteiger partial charge in [0.05, 0.1) is 0 Å². The van der Waals surface area contributed by atoms with Crippen LogP contribution >= 0.6 is 0 Å². The molecule has 0 bridgehead atoms. The third-order valence-corrected chi connectivity index (χ3v) is 5.24. The van der Waals surface area contributed by atoms with Gasteiger partial charge in [0.25, 0.3) is 0 Å². The number of rotatable bonds is 3. The third-order valence-electron chi connectivity index (χ3n) is 5.24. The van der Waals surface area contributed by atoms with Crippen molar-refractivity contribution in [2.45, 2.75) is 114 Å². The molecule has 33 heavy (non-hydrogen) atoms. The zero-order chi connectivity index (χ0) is 26.4. The van der Waals surface area contributed by atoms with Crippen molar-refractivity contribution in [3.63, 3.8) is 0 Å². The van der Waals surface area contributed by atoms with E-state index in [0.717, 1.165) is 12.0 Å². The highest BCUT2D eigenvalue weighted by atomic mass is 14.2.